The number of rotatable bonds is 6. The Morgan fingerprint density at radius 1 is 1.07 bits per heavy atom. The van der Waals surface area contributed by atoms with E-state index >= 15 is 0 Å². The highest BCUT2D eigenvalue weighted by atomic mass is 35.5. The predicted molar refractivity (Wildman–Crippen MR) is 114 cm³/mol. The van der Waals surface area contributed by atoms with Crippen LogP contribution in [-0.4, -0.2) is 38.6 Å². The van der Waals surface area contributed by atoms with Crippen molar-refractivity contribution in [3.63, 3.8) is 0 Å². The number of hydrogen-bond donors (Lipinski definition) is 1. The summed E-state index contributed by atoms with van der Waals surface area (Å²) in [6, 6.07) is 16.0. The summed E-state index contributed by atoms with van der Waals surface area (Å²) in [6.07, 6.45) is 0. The van der Waals surface area contributed by atoms with Crippen molar-refractivity contribution in [1.29, 1.82) is 0 Å². The minimum atomic E-state index is -0.124. The first-order chi connectivity index (χ1) is 12.2. The normalized spacial score (nSPS) is 12.3. The molecule has 0 bridgehead atoms. The number of para-hydroxylation sites is 1. The first-order valence-corrected chi connectivity index (χ1v) is 8.92. The minimum Gasteiger partial charge on any atom is -0.496 e. The van der Waals surface area contributed by atoms with Crippen molar-refractivity contribution < 1.29 is 9.53 Å². The van der Waals surface area contributed by atoms with Gasteiger partial charge in [0.05, 0.1) is 18.7 Å². The predicted octanol–water partition coefficient (Wildman–Crippen LogP) is 4.45. The zero-order valence-electron chi connectivity index (χ0n) is 17.1. The van der Waals surface area contributed by atoms with Crippen LogP contribution < -0.4 is 10.1 Å². The topological polar surface area (TPSA) is 41.6 Å². The molecule has 0 saturated carbocycles. The Kier molecular flexibility index (Phi) is 8.32. The van der Waals surface area contributed by atoms with E-state index in [1.807, 2.05) is 26.2 Å². The molecule has 0 aliphatic carbocycles. The second-order valence-corrected chi connectivity index (χ2v) is 7.76. The van der Waals surface area contributed by atoms with Crippen LogP contribution in [0.25, 0.3) is 0 Å². The lowest BCUT2D eigenvalue weighted by Crippen LogP contribution is -2.34. The van der Waals surface area contributed by atoms with E-state index in [0.29, 0.717) is 17.9 Å². The Morgan fingerprint density at radius 2 is 1.67 bits per heavy atom. The van der Waals surface area contributed by atoms with Gasteiger partial charge in [-0.15, -0.1) is 12.4 Å². The van der Waals surface area contributed by atoms with Gasteiger partial charge in [-0.25, -0.2) is 0 Å². The van der Waals surface area contributed by atoms with Crippen molar-refractivity contribution in [3.05, 3.63) is 65.2 Å². The maximum absolute atomic E-state index is 12.6. The van der Waals surface area contributed by atoms with Crippen molar-refractivity contribution in [2.75, 3.05) is 27.7 Å². The summed E-state index contributed by atoms with van der Waals surface area (Å²) in [5.74, 6) is 0.460. The molecule has 2 aromatic carbocycles. The van der Waals surface area contributed by atoms with Crippen LogP contribution in [0.1, 0.15) is 48.3 Å². The summed E-state index contributed by atoms with van der Waals surface area (Å²) in [5.41, 5.74) is 3.17. The minimum absolute atomic E-state index is 0. The summed E-state index contributed by atoms with van der Waals surface area (Å²) in [6.45, 7) is 7.15. The maximum Gasteiger partial charge on any atom is 0.255 e. The van der Waals surface area contributed by atoms with Crippen LogP contribution in [0.4, 0.5) is 0 Å². The Bertz CT molecular complexity index is 737. The highest BCUT2D eigenvalue weighted by Crippen LogP contribution is 2.25. The third kappa shape index (κ3) is 5.98. The van der Waals surface area contributed by atoms with E-state index in [-0.39, 0.29) is 29.8 Å². The Balaban J connectivity index is 0.00000364. The van der Waals surface area contributed by atoms with Crippen LogP contribution in [0.15, 0.2) is 48.5 Å². The van der Waals surface area contributed by atoms with Gasteiger partial charge in [-0.3, -0.25) is 4.79 Å². The molecule has 4 nitrogen and oxygen atoms in total. The number of nitrogens with one attached hydrogen (secondary N) is 1. The number of likely N-dealkylation sites (N-methyl/N-ethyl adjacent to an activating group) is 1. The van der Waals surface area contributed by atoms with Crippen molar-refractivity contribution in [3.8, 4) is 5.75 Å². The van der Waals surface area contributed by atoms with Crippen molar-refractivity contribution in [2.24, 2.45) is 0 Å². The fraction of sp³-hybridized carbons (Fsp3) is 0.409. The number of carbonyl (C=O) groups excluding carboxylic acids is 1. The zero-order chi connectivity index (χ0) is 19.3. The summed E-state index contributed by atoms with van der Waals surface area (Å²) < 4.78 is 5.28. The molecule has 1 amide bonds. The average Bonchev–Trinajstić information content (AvgIpc) is 2.61. The lowest BCUT2D eigenvalue weighted by Gasteiger charge is -2.26. The molecule has 0 radical (unpaired) electrons. The number of benzene rings is 2. The van der Waals surface area contributed by atoms with Crippen molar-refractivity contribution in [1.82, 2.24) is 10.2 Å². The molecule has 1 unspecified atom stereocenters. The number of amides is 1. The van der Waals surface area contributed by atoms with E-state index in [9.17, 15) is 4.79 Å². The van der Waals surface area contributed by atoms with Gasteiger partial charge in [0.2, 0.25) is 0 Å². The van der Waals surface area contributed by atoms with Gasteiger partial charge in [0, 0.05) is 6.54 Å². The van der Waals surface area contributed by atoms with Crippen LogP contribution in [0.3, 0.4) is 0 Å². The molecule has 5 heteroatoms. The van der Waals surface area contributed by atoms with Gasteiger partial charge in [0.1, 0.15) is 5.75 Å². The van der Waals surface area contributed by atoms with E-state index in [1.54, 1.807) is 19.2 Å². The van der Waals surface area contributed by atoms with Crippen LogP contribution in [0.5, 0.6) is 5.75 Å². The lowest BCUT2D eigenvalue weighted by atomic mass is 9.86. The second kappa shape index (κ2) is 9.77. The van der Waals surface area contributed by atoms with E-state index < -0.39 is 0 Å². The van der Waals surface area contributed by atoms with Crippen LogP contribution in [0, 0.1) is 0 Å². The molecular weight excluding hydrogens is 360 g/mol. The first-order valence-electron chi connectivity index (χ1n) is 8.92. The number of methoxy groups -OCH3 is 1. The van der Waals surface area contributed by atoms with Gasteiger partial charge >= 0.3 is 0 Å². The molecule has 1 N–H and O–H groups in total. The lowest BCUT2D eigenvalue weighted by molar-refractivity contribution is 0.0939. The van der Waals surface area contributed by atoms with Gasteiger partial charge in [-0.05, 0) is 42.8 Å². The highest BCUT2D eigenvalue weighted by Gasteiger charge is 2.19. The van der Waals surface area contributed by atoms with Gasteiger partial charge in [0.15, 0.2) is 0 Å². The second-order valence-electron chi connectivity index (χ2n) is 7.76. The van der Waals surface area contributed by atoms with E-state index in [1.165, 1.54) is 11.1 Å². The van der Waals surface area contributed by atoms with Crippen molar-refractivity contribution >= 4 is 18.3 Å². The molecule has 0 heterocycles. The first kappa shape index (κ1) is 23.0. The largest absolute Gasteiger partial charge is 0.496 e. The number of hydrogen-bond acceptors (Lipinski definition) is 3. The van der Waals surface area contributed by atoms with Gasteiger partial charge in [-0.1, -0.05) is 57.2 Å². The van der Waals surface area contributed by atoms with Gasteiger partial charge < -0.3 is 15.0 Å². The smallest absolute Gasteiger partial charge is 0.255 e. The Hall–Kier alpha value is -2.04. The molecule has 0 saturated heterocycles. The van der Waals surface area contributed by atoms with E-state index in [2.05, 4.69) is 55.3 Å². The molecule has 0 aromatic heterocycles. The molecule has 0 aliphatic rings. The van der Waals surface area contributed by atoms with Gasteiger partial charge in [0.25, 0.3) is 5.91 Å². The highest BCUT2D eigenvalue weighted by molar-refractivity contribution is 5.96. The number of nitrogens with zero attached hydrogens (tertiary/aromatic N) is 1. The SMILES string of the molecule is COc1ccccc1C(=O)NCC(c1ccc(C(C)(C)C)cc1)N(C)C.Cl. The molecule has 1 atom stereocenters. The average molecular weight is 391 g/mol. The fourth-order valence-electron chi connectivity index (χ4n) is 2.92. The Labute approximate surface area is 169 Å². The summed E-state index contributed by atoms with van der Waals surface area (Å²) in [7, 11) is 5.63. The zero-order valence-corrected chi connectivity index (χ0v) is 17.9. The number of halogens is 1. The summed E-state index contributed by atoms with van der Waals surface area (Å²) in [5, 5.41) is 3.04. The fourth-order valence-corrected chi connectivity index (χ4v) is 2.92. The third-order valence-corrected chi connectivity index (χ3v) is 4.59. The number of ether oxygens (including phenoxy) is 1. The Morgan fingerprint density at radius 3 is 2.19 bits per heavy atom. The van der Waals surface area contributed by atoms with Crippen molar-refractivity contribution in [2.45, 2.75) is 32.2 Å². The molecule has 0 aliphatic heterocycles. The van der Waals surface area contributed by atoms with E-state index in [4.69, 9.17) is 4.74 Å². The monoisotopic (exact) mass is 390 g/mol. The summed E-state index contributed by atoms with van der Waals surface area (Å²) in [4.78, 5) is 14.7. The van der Waals surface area contributed by atoms with Crippen LogP contribution in [-0.2, 0) is 5.41 Å². The molecule has 27 heavy (non-hydrogen) atoms. The van der Waals surface area contributed by atoms with Crippen LogP contribution >= 0.6 is 12.4 Å². The molecule has 2 aromatic rings. The molecule has 0 spiro atoms. The van der Waals surface area contributed by atoms with E-state index in [0.717, 1.165) is 0 Å². The molecular formula is C22H31ClN2O2. The molecule has 0 fully saturated rings. The summed E-state index contributed by atoms with van der Waals surface area (Å²) >= 11 is 0. The standard InChI is InChI=1S/C22H30N2O2.ClH/c1-22(2,3)17-13-11-16(12-14-17)19(24(4)5)15-23-21(25)18-9-7-8-10-20(18)26-6;/h7-14,19H,15H2,1-6H3,(H,23,25);1H. The number of carbonyl (C=O) groups is 1. The van der Waals surface area contributed by atoms with Gasteiger partial charge in [-0.2, -0.15) is 0 Å². The maximum atomic E-state index is 12.6. The molecule has 2 rings (SSSR count). The molecule has 148 valence electrons. The third-order valence-electron chi connectivity index (χ3n) is 4.59. The van der Waals surface area contributed by atoms with Crippen LogP contribution in [0.2, 0.25) is 0 Å². The quantitative estimate of drug-likeness (QED) is 0.792.